The third kappa shape index (κ3) is 4.77. The number of halogens is 2. The van der Waals surface area contributed by atoms with Gasteiger partial charge in [-0.25, -0.2) is 8.78 Å². The van der Waals surface area contributed by atoms with Gasteiger partial charge in [0, 0.05) is 32.1 Å². The van der Waals surface area contributed by atoms with Crippen LogP contribution >= 0.6 is 0 Å². The van der Waals surface area contributed by atoms with Crippen LogP contribution in [0.3, 0.4) is 0 Å². The van der Waals surface area contributed by atoms with Crippen LogP contribution in [0.25, 0.3) is 0 Å². The molecular formula is C17H24F2N2O. The quantitative estimate of drug-likeness (QED) is 0.903. The van der Waals surface area contributed by atoms with Gasteiger partial charge >= 0.3 is 0 Å². The van der Waals surface area contributed by atoms with Gasteiger partial charge in [0.15, 0.2) is 0 Å². The van der Waals surface area contributed by atoms with Crippen LogP contribution in [-0.4, -0.2) is 36.4 Å². The lowest BCUT2D eigenvalue weighted by molar-refractivity contribution is -0.114. The van der Waals surface area contributed by atoms with E-state index in [1.807, 2.05) is 24.0 Å². The van der Waals surface area contributed by atoms with E-state index in [0.29, 0.717) is 19.0 Å². The second-order valence-corrected chi connectivity index (χ2v) is 6.48. The first-order valence-electron chi connectivity index (χ1n) is 7.72. The molecule has 0 radical (unpaired) electrons. The fourth-order valence-electron chi connectivity index (χ4n) is 3.05. The average Bonchev–Trinajstić information content (AvgIpc) is 2.71. The minimum atomic E-state index is -2.52. The highest BCUT2D eigenvalue weighted by atomic mass is 19.3. The number of nitrogens with zero attached hydrogens (tertiary/aromatic N) is 1. The summed E-state index contributed by atoms with van der Waals surface area (Å²) >= 11 is 0. The molecule has 3 nitrogen and oxygen atoms in total. The Bertz CT molecular complexity index is 545. The summed E-state index contributed by atoms with van der Waals surface area (Å²) in [6.07, 6.45) is 0.827. The Morgan fingerprint density at radius 1 is 1.45 bits per heavy atom. The molecule has 1 saturated heterocycles. The fourth-order valence-corrected chi connectivity index (χ4v) is 3.05. The number of nitrogens with one attached hydrogen (secondary N) is 1. The largest absolute Gasteiger partial charge is 0.326 e. The number of likely N-dealkylation sites (tertiary alicyclic amines) is 1. The number of amides is 1. The molecule has 0 bridgehead atoms. The molecule has 1 fully saturated rings. The zero-order valence-corrected chi connectivity index (χ0v) is 13.5. The number of carbonyl (C=O) groups excluding carboxylic acids is 1. The third-order valence-electron chi connectivity index (χ3n) is 4.00. The maximum absolute atomic E-state index is 13.2. The standard InChI is InChI=1S/C17H24F2N2O/c1-12(10-21-7-6-17(18,19)11-21)8-15-4-5-16(13(2)9-15)20-14(3)22/h4-5,9,12H,6-8,10-11H2,1-3H3,(H,20,22). The predicted octanol–water partition coefficient (Wildman–Crippen LogP) is 3.47. The van der Waals surface area contributed by atoms with Gasteiger partial charge in [0.1, 0.15) is 0 Å². The predicted molar refractivity (Wildman–Crippen MR) is 84.4 cm³/mol. The first-order chi connectivity index (χ1) is 10.2. The first kappa shape index (κ1) is 16.9. The minimum absolute atomic E-state index is 0.0236. The van der Waals surface area contributed by atoms with Crippen molar-refractivity contribution in [2.24, 2.45) is 5.92 Å². The Morgan fingerprint density at radius 2 is 2.18 bits per heavy atom. The normalized spacial score (nSPS) is 19.1. The van der Waals surface area contributed by atoms with E-state index in [1.165, 1.54) is 12.5 Å². The van der Waals surface area contributed by atoms with Gasteiger partial charge < -0.3 is 5.32 Å². The molecule has 1 aromatic rings. The Morgan fingerprint density at radius 3 is 2.73 bits per heavy atom. The maximum atomic E-state index is 13.2. The number of carbonyl (C=O) groups is 1. The summed E-state index contributed by atoms with van der Waals surface area (Å²) in [5, 5.41) is 2.79. The minimum Gasteiger partial charge on any atom is -0.326 e. The Labute approximate surface area is 130 Å². The van der Waals surface area contributed by atoms with Crippen molar-refractivity contribution in [3.8, 4) is 0 Å². The summed E-state index contributed by atoms with van der Waals surface area (Å²) in [6.45, 7) is 6.60. The van der Waals surface area contributed by atoms with Crippen molar-refractivity contribution in [2.45, 2.75) is 39.5 Å². The van der Waals surface area contributed by atoms with Crippen molar-refractivity contribution in [1.29, 1.82) is 0 Å². The zero-order chi connectivity index (χ0) is 16.3. The van der Waals surface area contributed by atoms with E-state index in [9.17, 15) is 13.6 Å². The molecule has 1 aromatic carbocycles. The number of rotatable bonds is 5. The van der Waals surface area contributed by atoms with Gasteiger partial charge in [-0.05, 0) is 36.5 Å². The smallest absolute Gasteiger partial charge is 0.261 e. The van der Waals surface area contributed by atoms with Crippen LogP contribution in [0, 0.1) is 12.8 Å². The highest BCUT2D eigenvalue weighted by Crippen LogP contribution is 2.27. The first-order valence-corrected chi connectivity index (χ1v) is 7.72. The van der Waals surface area contributed by atoms with Crippen LogP contribution in [0.4, 0.5) is 14.5 Å². The van der Waals surface area contributed by atoms with Crippen LogP contribution in [0.2, 0.25) is 0 Å². The van der Waals surface area contributed by atoms with E-state index in [1.54, 1.807) is 0 Å². The number of aryl methyl sites for hydroxylation is 1. The summed E-state index contributed by atoms with van der Waals surface area (Å²) in [6, 6.07) is 5.95. The van der Waals surface area contributed by atoms with Gasteiger partial charge in [-0.2, -0.15) is 0 Å². The van der Waals surface area contributed by atoms with E-state index in [4.69, 9.17) is 0 Å². The number of hydrogen-bond acceptors (Lipinski definition) is 2. The van der Waals surface area contributed by atoms with Gasteiger partial charge in [-0.3, -0.25) is 9.69 Å². The molecule has 0 saturated carbocycles. The SMILES string of the molecule is CC(=O)Nc1ccc(CC(C)CN2CCC(F)(F)C2)cc1C. The fraction of sp³-hybridized carbons (Fsp3) is 0.588. The van der Waals surface area contributed by atoms with Crippen LogP contribution in [-0.2, 0) is 11.2 Å². The van der Waals surface area contributed by atoms with E-state index >= 15 is 0 Å². The molecule has 1 amide bonds. The van der Waals surface area contributed by atoms with Crippen LogP contribution in [0.15, 0.2) is 18.2 Å². The van der Waals surface area contributed by atoms with Crippen molar-refractivity contribution in [1.82, 2.24) is 4.90 Å². The van der Waals surface area contributed by atoms with Crippen molar-refractivity contribution in [3.05, 3.63) is 29.3 Å². The summed E-state index contributed by atoms with van der Waals surface area (Å²) in [7, 11) is 0. The molecule has 1 atom stereocenters. The van der Waals surface area contributed by atoms with Crippen molar-refractivity contribution >= 4 is 11.6 Å². The van der Waals surface area contributed by atoms with Crippen molar-refractivity contribution in [3.63, 3.8) is 0 Å². The molecule has 1 aliphatic rings. The van der Waals surface area contributed by atoms with Gasteiger partial charge in [0.25, 0.3) is 5.92 Å². The average molecular weight is 310 g/mol. The second-order valence-electron chi connectivity index (χ2n) is 6.48. The second kappa shape index (κ2) is 6.73. The molecule has 1 unspecified atom stereocenters. The van der Waals surface area contributed by atoms with Crippen molar-refractivity contribution in [2.75, 3.05) is 25.0 Å². The molecule has 5 heteroatoms. The lowest BCUT2D eigenvalue weighted by Gasteiger charge is -2.21. The van der Waals surface area contributed by atoms with E-state index < -0.39 is 5.92 Å². The molecule has 0 spiro atoms. The van der Waals surface area contributed by atoms with Gasteiger partial charge in [0.2, 0.25) is 5.91 Å². The summed E-state index contributed by atoms with van der Waals surface area (Å²) < 4.78 is 26.4. The molecule has 122 valence electrons. The molecule has 0 aromatic heterocycles. The summed E-state index contributed by atoms with van der Waals surface area (Å²) in [4.78, 5) is 12.9. The van der Waals surface area contributed by atoms with Gasteiger partial charge in [-0.15, -0.1) is 0 Å². The molecule has 1 aliphatic heterocycles. The third-order valence-corrected chi connectivity index (χ3v) is 4.00. The molecule has 1 N–H and O–H groups in total. The molecular weight excluding hydrogens is 286 g/mol. The van der Waals surface area contributed by atoms with E-state index in [2.05, 4.69) is 18.3 Å². The molecule has 22 heavy (non-hydrogen) atoms. The number of alkyl halides is 2. The highest BCUT2D eigenvalue weighted by molar-refractivity contribution is 5.89. The zero-order valence-electron chi connectivity index (χ0n) is 13.5. The number of anilines is 1. The summed E-state index contributed by atoms with van der Waals surface area (Å²) in [5.74, 6) is -2.28. The maximum Gasteiger partial charge on any atom is 0.261 e. The monoisotopic (exact) mass is 310 g/mol. The van der Waals surface area contributed by atoms with Gasteiger partial charge in [-0.1, -0.05) is 19.1 Å². The topological polar surface area (TPSA) is 32.3 Å². The molecule has 2 rings (SSSR count). The van der Waals surface area contributed by atoms with Crippen LogP contribution in [0.5, 0.6) is 0 Å². The van der Waals surface area contributed by atoms with Crippen molar-refractivity contribution < 1.29 is 13.6 Å². The van der Waals surface area contributed by atoms with E-state index in [-0.39, 0.29) is 18.9 Å². The lowest BCUT2D eigenvalue weighted by atomic mass is 9.98. The van der Waals surface area contributed by atoms with Crippen LogP contribution in [0.1, 0.15) is 31.4 Å². The van der Waals surface area contributed by atoms with Gasteiger partial charge in [0.05, 0.1) is 6.54 Å². The summed E-state index contributed by atoms with van der Waals surface area (Å²) in [5.41, 5.74) is 3.01. The Kier molecular flexibility index (Phi) is 5.16. The van der Waals surface area contributed by atoms with E-state index in [0.717, 1.165) is 17.7 Å². The Balaban J connectivity index is 1.90. The lowest BCUT2D eigenvalue weighted by Crippen LogP contribution is -2.30. The highest BCUT2D eigenvalue weighted by Gasteiger charge is 2.38. The molecule has 0 aliphatic carbocycles. The number of benzene rings is 1. The molecule has 1 heterocycles. The Hall–Kier alpha value is -1.49. The van der Waals surface area contributed by atoms with Crippen LogP contribution < -0.4 is 5.32 Å². The number of hydrogen-bond donors (Lipinski definition) is 1.